The summed E-state index contributed by atoms with van der Waals surface area (Å²) in [4.78, 5) is 0. The van der Waals surface area contributed by atoms with Crippen LogP contribution in [0.15, 0.2) is 170 Å². The lowest BCUT2D eigenvalue weighted by Gasteiger charge is -2.46. The van der Waals surface area contributed by atoms with E-state index in [-0.39, 0.29) is 0 Å². The van der Waals surface area contributed by atoms with E-state index >= 15 is 0 Å². The van der Waals surface area contributed by atoms with Crippen molar-refractivity contribution in [2.75, 3.05) is 6.61 Å². The molecule has 0 radical (unpaired) electrons. The van der Waals surface area contributed by atoms with Gasteiger partial charge >= 0.3 is 0 Å². The van der Waals surface area contributed by atoms with E-state index in [2.05, 4.69) is 104 Å². The zero-order chi connectivity index (χ0) is 36.1. The minimum Gasteiger partial charge on any atom is -0.374 e. The van der Waals surface area contributed by atoms with Crippen LogP contribution >= 0.6 is 0 Å². The molecule has 5 atom stereocenters. The monoisotopic (exact) mass is 704 g/mol. The van der Waals surface area contributed by atoms with E-state index in [0.717, 1.165) is 34.2 Å². The van der Waals surface area contributed by atoms with Gasteiger partial charge in [0.2, 0.25) is 0 Å². The molecule has 0 bridgehead atoms. The standard InChI is InChI=1S/C48H48O5/c1-36-25-27-37(28-26-36)29-42-23-14-24-43(30-42)45-47(51-33-40-19-10-4-11-20-40)48(52-34-41-21-12-5-13-22-41)46(50-32-39-17-8-3-9-18-39)44(53-45)35-49-31-38-15-6-2-7-16-38/h2-28,30,44-48H,29,31-35H2,1H3/t44-,45+,46?,47+,48+/m1/s1. The van der Waals surface area contributed by atoms with E-state index in [4.69, 9.17) is 23.7 Å². The summed E-state index contributed by atoms with van der Waals surface area (Å²) in [6.45, 7) is 4.11. The second-order valence-electron chi connectivity index (χ2n) is 13.8. The third-order valence-corrected chi connectivity index (χ3v) is 9.69. The van der Waals surface area contributed by atoms with Crippen LogP contribution in [0.3, 0.4) is 0 Å². The van der Waals surface area contributed by atoms with E-state index in [1.165, 1.54) is 16.7 Å². The Morgan fingerprint density at radius 1 is 0.434 bits per heavy atom. The van der Waals surface area contributed by atoms with Gasteiger partial charge in [0.1, 0.15) is 30.5 Å². The minimum atomic E-state index is -0.486. The molecule has 53 heavy (non-hydrogen) atoms. The molecule has 1 saturated heterocycles. The van der Waals surface area contributed by atoms with Crippen LogP contribution in [0.4, 0.5) is 0 Å². The third kappa shape index (κ3) is 10.4. The van der Waals surface area contributed by atoms with Crippen molar-refractivity contribution in [1.29, 1.82) is 0 Å². The van der Waals surface area contributed by atoms with Crippen molar-refractivity contribution in [1.82, 2.24) is 0 Å². The molecule has 0 saturated carbocycles. The fraction of sp³-hybridized carbons (Fsp3) is 0.250. The SMILES string of the molecule is Cc1ccc(Cc2cccc([C@@H]3O[C@H](COCc4ccccc4)C(OCc4ccccc4)[C@H](OCc4ccccc4)[C@H]3OCc3ccccc3)c2)cc1. The van der Waals surface area contributed by atoms with Gasteiger partial charge in [0.05, 0.1) is 33.0 Å². The smallest absolute Gasteiger partial charge is 0.117 e. The lowest BCUT2D eigenvalue weighted by atomic mass is 9.89. The van der Waals surface area contributed by atoms with Crippen molar-refractivity contribution >= 4 is 0 Å². The van der Waals surface area contributed by atoms with Gasteiger partial charge in [-0.1, -0.05) is 175 Å². The maximum absolute atomic E-state index is 7.16. The predicted molar refractivity (Wildman–Crippen MR) is 209 cm³/mol. The highest BCUT2D eigenvalue weighted by Gasteiger charge is 2.49. The number of hydrogen-bond donors (Lipinski definition) is 0. The average molecular weight is 705 g/mol. The molecule has 1 heterocycles. The van der Waals surface area contributed by atoms with E-state index in [1.807, 2.05) is 72.8 Å². The lowest BCUT2D eigenvalue weighted by Crippen LogP contribution is -2.58. The Balaban J connectivity index is 1.24. The summed E-state index contributed by atoms with van der Waals surface area (Å²) in [6.07, 6.45) is -1.52. The molecule has 1 aliphatic heterocycles. The zero-order valence-electron chi connectivity index (χ0n) is 30.3. The quantitative estimate of drug-likeness (QED) is 0.100. The van der Waals surface area contributed by atoms with E-state index in [0.29, 0.717) is 33.0 Å². The van der Waals surface area contributed by atoms with Gasteiger partial charge < -0.3 is 23.7 Å². The first kappa shape index (κ1) is 36.5. The fourth-order valence-electron chi connectivity index (χ4n) is 6.88. The van der Waals surface area contributed by atoms with Crippen molar-refractivity contribution < 1.29 is 23.7 Å². The summed E-state index contributed by atoms with van der Waals surface area (Å²) in [7, 11) is 0. The number of benzene rings is 6. The van der Waals surface area contributed by atoms with Gasteiger partial charge in [0.25, 0.3) is 0 Å². The van der Waals surface area contributed by atoms with Crippen molar-refractivity contribution in [3.05, 3.63) is 214 Å². The van der Waals surface area contributed by atoms with Crippen molar-refractivity contribution in [3.63, 3.8) is 0 Å². The molecule has 1 unspecified atom stereocenters. The van der Waals surface area contributed by atoms with Gasteiger partial charge in [-0.05, 0) is 52.3 Å². The molecule has 1 fully saturated rings. The molecule has 6 aromatic carbocycles. The minimum absolute atomic E-state index is 0.324. The molecule has 0 amide bonds. The Bertz CT molecular complexity index is 1930. The van der Waals surface area contributed by atoms with E-state index in [1.54, 1.807) is 0 Å². The van der Waals surface area contributed by atoms with Gasteiger partial charge in [0.15, 0.2) is 0 Å². The highest BCUT2D eigenvalue weighted by molar-refractivity contribution is 5.33. The van der Waals surface area contributed by atoms with Gasteiger partial charge in [-0.15, -0.1) is 0 Å². The first-order chi connectivity index (χ1) is 26.2. The van der Waals surface area contributed by atoms with Crippen LogP contribution in [-0.4, -0.2) is 31.0 Å². The molecule has 0 aromatic heterocycles. The molecule has 6 aromatic rings. The maximum Gasteiger partial charge on any atom is 0.117 e. The maximum atomic E-state index is 7.16. The summed E-state index contributed by atoms with van der Waals surface area (Å²) in [5, 5.41) is 0. The van der Waals surface area contributed by atoms with Crippen LogP contribution in [0.5, 0.6) is 0 Å². The Hall–Kier alpha value is -4.88. The summed E-state index contributed by atoms with van der Waals surface area (Å²) in [5.74, 6) is 0. The van der Waals surface area contributed by atoms with Crippen molar-refractivity contribution in [2.45, 2.75) is 70.3 Å². The van der Waals surface area contributed by atoms with Crippen LogP contribution in [0.1, 0.15) is 50.6 Å². The Labute approximate surface area is 314 Å². The molecule has 0 spiro atoms. The van der Waals surface area contributed by atoms with Crippen molar-refractivity contribution in [2.24, 2.45) is 0 Å². The second kappa shape index (κ2) is 18.7. The molecule has 7 rings (SSSR count). The lowest BCUT2D eigenvalue weighted by molar-refractivity contribution is -0.275. The highest BCUT2D eigenvalue weighted by Crippen LogP contribution is 2.39. The summed E-state index contributed by atoms with van der Waals surface area (Å²) >= 11 is 0. The number of ether oxygens (including phenoxy) is 5. The average Bonchev–Trinajstić information content (AvgIpc) is 3.21. The Kier molecular flexibility index (Phi) is 12.9. The van der Waals surface area contributed by atoms with Gasteiger partial charge in [-0.2, -0.15) is 0 Å². The van der Waals surface area contributed by atoms with Crippen molar-refractivity contribution in [3.8, 4) is 0 Å². The molecular weight excluding hydrogens is 657 g/mol. The van der Waals surface area contributed by atoms with Gasteiger partial charge in [-0.25, -0.2) is 0 Å². The fourth-order valence-corrected chi connectivity index (χ4v) is 6.88. The summed E-state index contributed by atoms with van der Waals surface area (Å²) < 4.78 is 34.3. The zero-order valence-corrected chi connectivity index (χ0v) is 30.3. The van der Waals surface area contributed by atoms with Gasteiger partial charge in [0, 0.05) is 0 Å². The van der Waals surface area contributed by atoms with Crippen LogP contribution < -0.4 is 0 Å². The van der Waals surface area contributed by atoms with Crippen LogP contribution in [0.2, 0.25) is 0 Å². The Morgan fingerprint density at radius 3 is 1.45 bits per heavy atom. The topological polar surface area (TPSA) is 46.2 Å². The van der Waals surface area contributed by atoms with Gasteiger partial charge in [-0.3, -0.25) is 0 Å². The normalized spacial score (nSPS) is 19.9. The molecule has 5 nitrogen and oxygen atoms in total. The first-order valence-corrected chi connectivity index (χ1v) is 18.6. The molecule has 1 aliphatic rings. The molecule has 270 valence electrons. The number of rotatable bonds is 16. The van der Waals surface area contributed by atoms with Crippen LogP contribution in [0, 0.1) is 6.92 Å². The summed E-state index contributed by atoms with van der Waals surface area (Å²) in [6, 6.07) is 58.5. The third-order valence-electron chi connectivity index (χ3n) is 9.69. The largest absolute Gasteiger partial charge is 0.374 e. The number of aryl methyl sites for hydroxylation is 1. The van der Waals surface area contributed by atoms with E-state index < -0.39 is 30.5 Å². The highest BCUT2D eigenvalue weighted by atomic mass is 16.6. The molecule has 5 heteroatoms. The second-order valence-corrected chi connectivity index (χ2v) is 13.8. The molecule has 0 aliphatic carbocycles. The molecule has 0 N–H and O–H groups in total. The number of hydrogen-bond acceptors (Lipinski definition) is 5. The van der Waals surface area contributed by atoms with Crippen LogP contribution in [-0.2, 0) is 56.5 Å². The van der Waals surface area contributed by atoms with Crippen LogP contribution in [0.25, 0.3) is 0 Å². The Morgan fingerprint density at radius 2 is 0.906 bits per heavy atom. The summed E-state index contributed by atoms with van der Waals surface area (Å²) in [5.41, 5.74) is 9.10. The molecular formula is C48H48O5. The first-order valence-electron chi connectivity index (χ1n) is 18.6. The predicted octanol–water partition coefficient (Wildman–Crippen LogP) is 10.00. The van der Waals surface area contributed by atoms with E-state index in [9.17, 15) is 0 Å².